The molecule has 6 nitrogen and oxygen atoms in total. The Balaban J connectivity index is 1.73. The largest absolute Gasteiger partial charge is 0.416 e. The zero-order valence-electron chi connectivity index (χ0n) is 17.5. The quantitative estimate of drug-likeness (QED) is 0.568. The molecule has 1 aliphatic rings. The van der Waals surface area contributed by atoms with Crippen LogP contribution in [0, 0.1) is 6.92 Å². The van der Waals surface area contributed by atoms with E-state index in [0.717, 1.165) is 17.8 Å². The summed E-state index contributed by atoms with van der Waals surface area (Å²) in [5, 5.41) is -0.0596. The minimum atomic E-state index is -4.56. The lowest BCUT2D eigenvalue weighted by atomic mass is 10.00. The van der Waals surface area contributed by atoms with Gasteiger partial charge in [-0.2, -0.15) is 13.2 Å². The fourth-order valence-corrected chi connectivity index (χ4v) is 4.35. The van der Waals surface area contributed by atoms with Crippen LogP contribution in [0.25, 0.3) is 5.69 Å². The molecule has 1 amide bonds. The van der Waals surface area contributed by atoms with Crippen molar-refractivity contribution in [1.29, 1.82) is 0 Å². The number of pyridine rings is 1. The lowest BCUT2D eigenvalue weighted by molar-refractivity contribution is -0.137. The summed E-state index contributed by atoms with van der Waals surface area (Å²) in [5.74, 6) is -0.435. The summed E-state index contributed by atoms with van der Waals surface area (Å²) < 4.78 is 42.7. The fraction of sp³-hybridized carbons (Fsp3) is 0.318. The van der Waals surface area contributed by atoms with E-state index in [2.05, 4.69) is 4.98 Å². The van der Waals surface area contributed by atoms with Gasteiger partial charge in [0.05, 0.1) is 23.6 Å². The number of halogens is 4. The highest BCUT2D eigenvalue weighted by atomic mass is 35.5. The van der Waals surface area contributed by atoms with Gasteiger partial charge in [0.25, 0.3) is 11.5 Å². The summed E-state index contributed by atoms with van der Waals surface area (Å²) in [5.41, 5.74) is 0.345. The van der Waals surface area contributed by atoms with Crippen molar-refractivity contribution in [2.45, 2.75) is 45.6 Å². The number of carbonyl (C=O) groups excluding carboxylic acids is 1. The molecule has 3 aromatic rings. The summed E-state index contributed by atoms with van der Waals surface area (Å²) >= 11 is 5.93. The van der Waals surface area contributed by atoms with E-state index in [-0.39, 0.29) is 28.4 Å². The second-order valence-electron chi connectivity index (χ2n) is 7.95. The maximum Gasteiger partial charge on any atom is 0.416 e. The molecule has 0 saturated carbocycles. The Hall–Kier alpha value is -3.07. The SMILES string of the molecule is Cc1cn(-c2ccc3n(c2=O)CC(C)N(C(C)c2cc(Cl)cc(C(F)(F)F)c2)C3=O)cn1. The fourth-order valence-electron chi connectivity index (χ4n) is 4.10. The van der Waals surface area contributed by atoms with Gasteiger partial charge < -0.3 is 14.0 Å². The van der Waals surface area contributed by atoms with Gasteiger partial charge in [0.15, 0.2) is 0 Å². The Morgan fingerprint density at radius 1 is 1.19 bits per heavy atom. The zero-order valence-corrected chi connectivity index (χ0v) is 18.3. The van der Waals surface area contributed by atoms with Crippen molar-refractivity contribution >= 4 is 17.5 Å². The van der Waals surface area contributed by atoms with Gasteiger partial charge in [0.2, 0.25) is 0 Å². The lowest BCUT2D eigenvalue weighted by Gasteiger charge is -2.39. The third-order valence-electron chi connectivity index (χ3n) is 5.67. The second kappa shape index (κ2) is 7.81. The van der Waals surface area contributed by atoms with Crippen LogP contribution in [0.2, 0.25) is 5.02 Å². The molecular weight excluding hydrogens is 445 g/mol. The number of fused-ring (bicyclic) bond motifs is 1. The van der Waals surface area contributed by atoms with Crippen LogP contribution in [0.15, 0.2) is 47.7 Å². The molecule has 0 saturated heterocycles. The number of hydrogen-bond acceptors (Lipinski definition) is 3. The van der Waals surface area contributed by atoms with Gasteiger partial charge in [-0.3, -0.25) is 9.59 Å². The predicted octanol–water partition coefficient (Wildman–Crippen LogP) is 4.62. The van der Waals surface area contributed by atoms with Gasteiger partial charge in [-0.15, -0.1) is 0 Å². The van der Waals surface area contributed by atoms with E-state index in [4.69, 9.17) is 11.6 Å². The highest BCUT2D eigenvalue weighted by Crippen LogP contribution is 2.36. The molecule has 10 heteroatoms. The monoisotopic (exact) mass is 464 g/mol. The minimum Gasteiger partial charge on any atom is -0.326 e. The standard InChI is InChI=1S/C22H20ClF3N4O2/c1-12-9-28(11-27-12)18-4-5-19-21(32)30(13(2)10-29(19)20(18)31)14(3)15-6-16(22(24,25)26)8-17(23)7-15/h4-9,11,13-14H,10H2,1-3H3. The Morgan fingerprint density at radius 3 is 2.53 bits per heavy atom. The molecule has 0 spiro atoms. The van der Waals surface area contributed by atoms with Crippen LogP contribution in [-0.2, 0) is 12.7 Å². The molecule has 3 heterocycles. The number of alkyl halides is 3. The third-order valence-corrected chi connectivity index (χ3v) is 5.88. The molecule has 0 bridgehead atoms. The van der Waals surface area contributed by atoms with Gasteiger partial charge in [-0.05, 0) is 56.7 Å². The van der Waals surface area contributed by atoms with E-state index in [0.29, 0.717) is 5.69 Å². The van der Waals surface area contributed by atoms with Crippen molar-refractivity contribution in [2.24, 2.45) is 0 Å². The van der Waals surface area contributed by atoms with Crippen LogP contribution in [0.3, 0.4) is 0 Å². The Morgan fingerprint density at radius 2 is 1.91 bits per heavy atom. The van der Waals surface area contributed by atoms with E-state index in [9.17, 15) is 22.8 Å². The van der Waals surface area contributed by atoms with E-state index >= 15 is 0 Å². The van der Waals surface area contributed by atoms with Gasteiger partial charge in [0.1, 0.15) is 11.4 Å². The number of rotatable bonds is 3. The normalized spacial score (nSPS) is 17.4. The number of aryl methyl sites for hydroxylation is 1. The van der Waals surface area contributed by atoms with Gasteiger partial charge in [-0.1, -0.05) is 11.6 Å². The molecule has 0 radical (unpaired) electrons. The van der Waals surface area contributed by atoms with Crippen LogP contribution < -0.4 is 5.56 Å². The van der Waals surface area contributed by atoms with E-state index in [1.54, 1.807) is 43.7 Å². The highest BCUT2D eigenvalue weighted by Gasteiger charge is 2.36. The summed E-state index contributed by atoms with van der Waals surface area (Å²) in [4.78, 5) is 32.0. The first-order valence-corrected chi connectivity index (χ1v) is 10.3. The van der Waals surface area contributed by atoms with Crippen molar-refractivity contribution in [3.63, 3.8) is 0 Å². The molecule has 2 unspecified atom stereocenters. The number of imidazole rings is 1. The first-order valence-electron chi connectivity index (χ1n) is 9.92. The number of carbonyl (C=O) groups is 1. The van der Waals surface area contributed by atoms with Crippen LogP contribution in [0.4, 0.5) is 13.2 Å². The molecule has 32 heavy (non-hydrogen) atoms. The van der Waals surface area contributed by atoms with Crippen molar-refractivity contribution in [3.05, 3.63) is 80.7 Å². The van der Waals surface area contributed by atoms with Gasteiger partial charge in [0, 0.05) is 23.8 Å². The van der Waals surface area contributed by atoms with E-state index in [1.807, 2.05) is 0 Å². The smallest absolute Gasteiger partial charge is 0.326 e. The molecule has 1 aliphatic heterocycles. The van der Waals surface area contributed by atoms with E-state index in [1.165, 1.54) is 21.9 Å². The first kappa shape index (κ1) is 22.1. The molecule has 2 aromatic heterocycles. The summed E-state index contributed by atoms with van der Waals surface area (Å²) in [6.45, 7) is 5.42. The number of nitrogens with zero attached hydrogens (tertiary/aromatic N) is 4. The summed E-state index contributed by atoms with van der Waals surface area (Å²) in [6, 6.07) is 5.27. The Labute approximate surface area is 186 Å². The third kappa shape index (κ3) is 3.81. The lowest BCUT2D eigenvalue weighted by Crippen LogP contribution is -2.50. The minimum absolute atomic E-state index is 0.0596. The average Bonchev–Trinajstić information content (AvgIpc) is 3.13. The van der Waals surface area contributed by atoms with E-state index < -0.39 is 29.7 Å². The Kier molecular flexibility index (Phi) is 5.40. The van der Waals surface area contributed by atoms with Crippen molar-refractivity contribution in [1.82, 2.24) is 19.0 Å². The molecule has 0 aliphatic carbocycles. The van der Waals surface area contributed by atoms with Crippen molar-refractivity contribution < 1.29 is 18.0 Å². The number of amides is 1. The number of hydrogen-bond donors (Lipinski definition) is 0. The molecule has 1 aromatic carbocycles. The summed E-state index contributed by atoms with van der Waals surface area (Å²) in [7, 11) is 0. The number of aromatic nitrogens is 3. The Bertz CT molecular complexity index is 1260. The van der Waals surface area contributed by atoms with Crippen LogP contribution >= 0.6 is 11.6 Å². The number of benzene rings is 1. The molecular formula is C22H20ClF3N4O2. The van der Waals surface area contributed by atoms with Crippen molar-refractivity contribution in [3.8, 4) is 5.69 Å². The summed E-state index contributed by atoms with van der Waals surface area (Å²) in [6.07, 6.45) is -1.32. The van der Waals surface area contributed by atoms with Crippen molar-refractivity contribution in [2.75, 3.05) is 0 Å². The molecule has 2 atom stereocenters. The van der Waals surface area contributed by atoms with Crippen LogP contribution in [0.1, 0.15) is 47.2 Å². The maximum absolute atomic E-state index is 13.3. The first-order chi connectivity index (χ1) is 15.0. The highest BCUT2D eigenvalue weighted by molar-refractivity contribution is 6.30. The second-order valence-corrected chi connectivity index (χ2v) is 8.39. The topological polar surface area (TPSA) is 60.1 Å². The molecule has 0 fully saturated rings. The predicted molar refractivity (Wildman–Crippen MR) is 113 cm³/mol. The van der Waals surface area contributed by atoms with Crippen LogP contribution in [-0.4, -0.2) is 31.0 Å². The zero-order chi connectivity index (χ0) is 23.4. The molecule has 168 valence electrons. The molecule has 0 N–H and O–H groups in total. The maximum atomic E-state index is 13.3. The van der Waals surface area contributed by atoms with Crippen LogP contribution in [0.5, 0.6) is 0 Å². The molecule has 4 rings (SSSR count). The van der Waals surface area contributed by atoms with Gasteiger partial charge >= 0.3 is 6.18 Å². The average molecular weight is 465 g/mol. The van der Waals surface area contributed by atoms with Gasteiger partial charge in [-0.25, -0.2) is 4.98 Å².